The van der Waals surface area contributed by atoms with Gasteiger partial charge in [0.05, 0.1) is 25.0 Å². The molecule has 3 atom stereocenters. The lowest BCUT2D eigenvalue weighted by Gasteiger charge is -2.28. The molecule has 0 aromatic rings. The Morgan fingerprint density at radius 3 is 1.82 bits per heavy atom. The van der Waals surface area contributed by atoms with E-state index >= 15 is 0 Å². The van der Waals surface area contributed by atoms with Gasteiger partial charge >= 0.3 is 11.9 Å². The van der Waals surface area contributed by atoms with E-state index < -0.39 is 0 Å². The molecule has 3 unspecified atom stereocenters. The summed E-state index contributed by atoms with van der Waals surface area (Å²) in [4.78, 5) is 24.9. The molecule has 1 aliphatic carbocycles. The Kier molecular flexibility index (Phi) is 14.1. The van der Waals surface area contributed by atoms with Gasteiger partial charge in [-0.05, 0) is 31.6 Å². The van der Waals surface area contributed by atoms with Crippen LogP contribution < -0.4 is 0 Å². The van der Waals surface area contributed by atoms with Gasteiger partial charge in [-0.2, -0.15) is 0 Å². The molecule has 0 amide bonds. The zero-order valence-electron chi connectivity index (χ0n) is 18.7. The molecular formula is C24H44O4. The van der Waals surface area contributed by atoms with Crippen molar-refractivity contribution < 1.29 is 19.1 Å². The highest BCUT2D eigenvalue weighted by atomic mass is 16.5. The summed E-state index contributed by atoms with van der Waals surface area (Å²) in [6.07, 6.45) is 15.1. The SMILES string of the molecule is CCCCOC(=O)C1CCCCC1C(=O)OCCCCCC(CC)CCCC. The predicted molar refractivity (Wildman–Crippen MR) is 114 cm³/mol. The smallest absolute Gasteiger partial charge is 0.309 e. The zero-order chi connectivity index (χ0) is 20.6. The van der Waals surface area contributed by atoms with Crippen molar-refractivity contribution in [1.82, 2.24) is 0 Å². The molecule has 0 N–H and O–H groups in total. The monoisotopic (exact) mass is 396 g/mol. The van der Waals surface area contributed by atoms with Crippen molar-refractivity contribution in [3.05, 3.63) is 0 Å². The van der Waals surface area contributed by atoms with Crippen molar-refractivity contribution in [2.24, 2.45) is 17.8 Å². The largest absolute Gasteiger partial charge is 0.465 e. The molecule has 4 heteroatoms. The van der Waals surface area contributed by atoms with E-state index in [9.17, 15) is 9.59 Å². The van der Waals surface area contributed by atoms with Crippen molar-refractivity contribution in [2.45, 2.75) is 111 Å². The molecule has 0 aromatic carbocycles. The molecule has 0 aliphatic heterocycles. The first-order chi connectivity index (χ1) is 13.6. The molecule has 0 radical (unpaired) electrons. The van der Waals surface area contributed by atoms with Gasteiger partial charge in [0, 0.05) is 0 Å². The van der Waals surface area contributed by atoms with Gasteiger partial charge < -0.3 is 9.47 Å². The first kappa shape index (κ1) is 25.0. The maximum atomic E-state index is 12.5. The molecule has 4 nitrogen and oxygen atoms in total. The van der Waals surface area contributed by atoms with Crippen molar-refractivity contribution in [3.8, 4) is 0 Å². The minimum atomic E-state index is -0.304. The average molecular weight is 397 g/mol. The van der Waals surface area contributed by atoms with E-state index in [4.69, 9.17) is 9.47 Å². The lowest BCUT2D eigenvalue weighted by Crippen LogP contribution is -2.35. The van der Waals surface area contributed by atoms with Crippen LogP contribution in [-0.4, -0.2) is 25.2 Å². The lowest BCUT2D eigenvalue weighted by molar-refractivity contribution is -0.163. The number of hydrogen-bond acceptors (Lipinski definition) is 4. The molecule has 0 saturated heterocycles. The summed E-state index contributed by atoms with van der Waals surface area (Å²) in [7, 11) is 0. The Balaban J connectivity index is 2.25. The fourth-order valence-corrected chi connectivity index (χ4v) is 4.16. The lowest BCUT2D eigenvalue weighted by atomic mass is 9.79. The summed E-state index contributed by atoms with van der Waals surface area (Å²) in [6.45, 7) is 7.56. The summed E-state index contributed by atoms with van der Waals surface area (Å²) >= 11 is 0. The topological polar surface area (TPSA) is 52.6 Å². The molecule has 1 rings (SSSR count). The summed E-state index contributed by atoms with van der Waals surface area (Å²) in [5.74, 6) is -0.146. The number of unbranched alkanes of at least 4 members (excludes halogenated alkanes) is 4. The van der Waals surface area contributed by atoms with Gasteiger partial charge in [-0.25, -0.2) is 0 Å². The second-order valence-corrected chi connectivity index (χ2v) is 8.45. The van der Waals surface area contributed by atoms with Crippen LogP contribution in [0.2, 0.25) is 0 Å². The van der Waals surface area contributed by atoms with Crippen molar-refractivity contribution in [2.75, 3.05) is 13.2 Å². The van der Waals surface area contributed by atoms with E-state index in [2.05, 4.69) is 20.8 Å². The third-order valence-electron chi connectivity index (χ3n) is 6.16. The van der Waals surface area contributed by atoms with Crippen LogP contribution >= 0.6 is 0 Å². The van der Waals surface area contributed by atoms with Gasteiger partial charge in [-0.1, -0.05) is 85.0 Å². The quantitative estimate of drug-likeness (QED) is 0.235. The highest BCUT2D eigenvalue weighted by molar-refractivity contribution is 5.82. The van der Waals surface area contributed by atoms with Gasteiger partial charge in [-0.3, -0.25) is 9.59 Å². The second-order valence-electron chi connectivity index (χ2n) is 8.45. The Hall–Kier alpha value is -1.06. The maximum absolute atomic E-state index is 12.5. The number of carbonyl (C=O) groups is 2. The highest BCUT2D eigenvalue weighted by Crippen LogP contribution is 2.32. The van der Waals surface area contributed by atoms with Gasteiger partial charge in [0.1, 0.15) is 0 Å². The van der Waals surface area contributed by atoms with Crippen LogP contribution in [0.4, 0.5) is 0 Å². The predicted octanol–water partition coefficient (Wildman–Crippen LogP) is 6.46. The molecule has 1 aliphatic rings. The molecular weight excluding hydrogens is 352 g/mol. The summed E-state index contributed by atoms with van der Waals surface area (Å²) in [5, 5.41) is 0. The number of esters is 2. The second kappa shape index (κ2) is 15.8. The maximum Gasteiger partial charge on any atom is 0.309 e. The molecule has 0 bridgehead atoms. The molecule has 0 heterocycles. The fraction of sp³-hybridized carbons (Fsp3) is 0.917. The summed E-state index contributed by atoms with van der Waals surface area (Å²) in [6, 6.07) is 0. The van der Waals surface area contributed by atoms with E-state index in [1.807, 2.05) is 0 Å². The minimum Gasteiger partial charge on any atom is -0.465 e. The Bertz CT molecular complexity index is 421. The Morgan fingerprint density at radius 2 is 1.29 bits per heavy atom. The molecule has 164 valence electrons. The molecule has 0 spiro atoms. The van der Waals surface area contributed by atoms with E-state index in [1.54, 1.807) is 0 Å². The van der Waals surface area contributed by atoms with Crippen LogP contribution in [0.3, 0.4) is 0 Å². The molecule has 0 aromatic heterocycles. The summed E-state index contributed by atoms with van der Waals surface area (Å²) < 4.78 is 10.9. The van der Waals surface area contributed by atoms with E-state index in [1.165, 1.54) is 38.5 Å². The van der Waals surface area contributed by atoms with Gasteiger partial charge in [-0.15, -0.1) is 0 Å². The van der Waals surface area contributed by atoms with Crippen LogP contribution in [0.5, 0.6) is 0 Å². The van der Waals surface area contributed by atoms with Gasteiger partial charge in [0.2, 0.25) is 0 Å². The molecule has 1 fully saturated rings. The van der Waals surface area contributed by atoms with Crippen LogP contribution in [0.1, 0.15) is 111 Å². The summed E-state index contributed by atoms with van der Waals surface area (Å²) in [5.41, 5.74) is 0. The normalized spacial score (nSPS) is 20.5. The number of carbonyl (C=O) groups excluding carboxylic acids is 2. The van der Waals surface area contributed by atoms with Crippen molar-refractivity contribution in [3.63, 3.8) is 0 Å². The van der Waals surface area contributed by atoms with E-state index in [0.717, 1.165) is 57.3 Å². The highest BCUT2D eigenvalue weighted by Gasteiger charge is 2.37. The Morgan fingerprint density at radius 1 is 0.750 bits per heavy atom. The fourth-order valence-electron chi connectivity index (χ4n) is 4.16. The van der Waals surface area contributed by atoms with Crippen LogP contribution in [-0.2, 0) is 19.1 Å². The Labute approximate surface area is 173 Å². The zero-order valence-corrected chi connectivity index (χ0v) is 18.7. The molecule has 28 heavy (non-hydrogen) atoms. The number of ether oxygens (including phenoxy) is 2. The third-order valence-corrected chi connectivity index (χ3v) is 6.16. The van der Waals surface area contributed by atoms with Crippen LogP contribution in [0.25, 0.3) is 0 Å². The number of hydrogen-bond donors (Lipinski definition) is 0. The third kappa shape index (κ3) is 9.93. The van der Waals surface area contributed by atoms with E-state index in [0.29, 0.717) is 13.2 Å². The standard InChI is InChI=1S/C24H44O4/c1-4-7-14-20(6-3)15-10-9-13-19-28-24(26)22-17-12-11-16-21(22)23(25)27-18-8-5-2/h20-22H,4-19H2,1-3H3. The van der Waals surface area contributed by atoms with Crippen molar-refractivity contribution >= 4 is 11.9 Å². The minimum absolute atomic E-state index is 0.188. The van der Waals surface area contributed by atoms with Gasteiger partial charge in [0.25, 0.3) is 0 Å². The number of rotatable bonds is 15. The first-order valence-corrected chi connectivity index (χ1v) is 12.0. The van der Waals surface area contributed by atoms with Crippen molar-refractivity contribution in [1.29, 1.82) is 0 Å². The molecule has 1 saturated carbocycles. The van der Waals surface area contributed by atoms with Crippen LogP contribution in [0.15, 0.2) is 0 Å². The van der Waals surface area contributed by atoms with Crippen LogP contribution in [0, 0.1) is 17.8 Å². The first-order valence-electron chi connectivity index (χ1n) is 12.0. The van der Waals surface area contributed by atoms with Gasteiger partial charge in [0.15, 0.2) is 0 Å². The van der Waals surface area contributed by atoms with E-state index in [-0.39, 0.29) is 23.8 Å². The average Bonchev–Trinajstić information content (AvgIpc) is 2.72.